The van der Waals surface area contributed by atoms with Crippen molar-refractivity contribution >= 4 is 17.8 Å². The van der Waals surface area contributed by atoms with Gasteiger partial charge in [-0.25, -0.2) is 0 Å². The fourth-order valence-electron chi connectivity index (χ4n) is 2.32. The van der Waals surface area contributed by atoms with Crippen molar-refractivity contribution in [1.29, 1.82) is 0 Å². The SMILES string of the molecule is NC(=O)CN1CCC(NC(=O)CCCCC(=O)O)CC1. The van der Waals surface area contributed by atoms with E-state index in [-0.39, 0.29) is 30.8 Å². The Labute approximate surface area is 118 Å². The summed E-state index contributed by atoms with van der Waals surface area (Å²) < 4.78 is 0. The number of piperidine rings is 1. The summed E-state index contributed by atoms with van der Waals surface area (Å²) in [4.78, 5) is 34.8. The first kappa shape index (κ1) is 16.4. The maximum Gasteiger partial charge on any atom is 0.303 e. The van der Waals surface area contributed by atoms with E-state index >= 15 is 0 Å². The van der Waals surface area contributed by atoms with Crippen LogP contribution in [0.25, 0.3) is 0 Å². The molecule has 1 fully saturated rings. The van der Waals surface area contributed by atoms with Crippen LogP contribution >= 0.6 is 0 Å². The number of carboxylic acids is 1. The van der Waals surface area contributed by atoms with Gasteiger partial charge in [-0.05, 0) is 25.7 Å². The number of likely N-dealkylation sites (tertiary alicyclic amines) is 1. The Hall–Kier alpha value is -1.63. The average Bonchev–Trinajstić information content (AvgIpc) is 2.36. The standard InChI is InChI=1S/C13H23N3O4/c14-11(17)9-16-7-5-10(6-8-16)15-12(18)3-1-2-4-13(19)20/h10H,1-9H2,(H2,14,17)(H,15,18)(H,19,20). The number of carboxylic acid groups (broad SMARTS) is 1. The molecule has 1 rings (SSSR count). The number of carbonyl (C=O) groups excluding carboxylic acids is 2. The Balaban J connectivity index is 2.11. The normalized spacial score (nSPS) is 16.8. The molecule has 1 aliphatic heterocycles. The summed E-state index contributed by atoms with van der Waals surface area (Å²) in [5, 5.41) is 11.4. The number of nitrogens with one attached hydrogen (secondary N) is 1. The highest BCUT2D eigenvalue weighted by molar-refractivity contribution is 5.76. The molecule has 0 aromatic carbocycles. The summed E-state index contributed by atoms with van der Waals surface area (Å²) in [5.74, 6) is -1.18. The Morgan fingerprint density at radius 3 is 2.30 bits per heavy atom. The zero-order chi connectivity index (χ0) is 15.0. The first-order valence-electron chi connectivity index (χ1n) is 6.99. The molecule has 0 atom stereocenters. The van der Waals surface area contributed by atoms with Crippen molar-refractivity contribution < 1.29 is 19.5 Å². The largest absolute Gasteiger partial charge is 0.481 e. The van der Waals surface area contributed by atoms with E-state index in [0.717, 1.165) is 25.9 Å². The topological polar surface area (TPSA) is 113 Å². The average molecular weight is 285 g/mol. The van der Waals surface area contributed by atoms with Gasteiger partial charge < -0.3 is 16.2 Å². The molecule has 4 N–H and O–H groups in total. The number of nitrogens with two attached hydrogens (primary N) is 1. The number of nitrogens with zero attached hydrogens (tertiary/aromatic N) is 1. The van der Waals surface area contributed by atoms with Crippen LogP contribution in [0.5, 0.6) is 0 Å². The summed E-state index contributed by atoms with van der Waals surface area (Å²) in [5.41, 5.74) is 5.14. The maximum atomic E-state index is 11.7. The van der Waals surface area contributed by atoms with Gasteiger partial charge in [0.2, 0.25) is 11.8 Å². The molecule has 0 aliphatic carbocycles. The van der Waals surface area contributed by atoms with Crippen LogP contribution in [0.1, 0.15) is 38.5 Å². The molecule has 114 valence electrons. The van der Waals surface area contributed by atoms with E-state index < -0.39 is 5.97 Å². The molecule has 20 heavy (non-hydrogen) atoms. The molecule has 1 heterocycles. The lowest BCUT2D eigenvalue weighted by Crippen LogP contribution is -2.46. The first-order chi connectivity index (χ1) is 9.47. The van der Waals surface area contributed by atoms with Crippen LogP contribution < -0.4 is 11.1 Å². The third-order valence-corrected chi connectivity index (χ3v) is 3.38. The highest BCUT2D eigenvalue weighted by Crippen LogP contribution is 2.10. The van der Waals surface area contributed by atoms with E-state index in [1.165, 1.54) is 0 Å². The number of hydrogen-bond acceptors (Lipinski definition) is 4. The lowest BCUT2D eigenvalue weighted by atomic mass is 10.0. The van der Waals surface area contributed by atoms with E-state index in [0.29, 0.717) is 19.3 Å². The predicted molar refractivity (Wildman–Crippen MR) is 72.9 cm³/mol. The first-order valence-corrected chi connectivity index (χ1v) is 6.99. The Kier molecular flexibility index (Phi) is 7.00. The number of carbonyl (C=O) groups is 3. The Morgan fingerprint density at radius 2 is 1.75 bits per heavy atom. The molecule has 0 saturated carbocycles. The molecule has 0 unspecified atom stereocenters. The molecule has 0 aromatic heterocycles. The Bertz CT molecular complexity index is 352. The van der Waals surface area contributed by atoms with Gasteiger partial charge in [-0.15, -0.1) is 0 Å². The summed E-state index contributed by atoms with van der Waals surface area (Å²) in [6.07, 6.45) is 3.23. The Morgan fingerprint density at radius 1 is 1.15 bits per heavy atom. The summed E-state index contributed by atoms with van der Waals surface area (Å²) in [7, 11) is 0. The van der Waals surface area contributed by atoms with Gasteiger partial charge >= 0.3 is 5.97 Å². The van der Waals surface area contributed by atoms with Gasteiger partial charge in [0, 0.05) is 32.0 Å². The van der Waals surface area contributed by atoms with E-state index in [1.54, 1.807) is 0 Å². The van der Waals surface area contributed by atoms with E-state index in [2.05, 4.69) is 5.32 Å². The van der Waals surface area contributed by atoms with Crippen LogP contribution in [-0.4, -0.2) is 53.5 Å². The molecule has 0 aromatic rings. The zero-order valence-electron chi connectivity index (χ0n) is 11.6. The number of primary amides is 1. The summed E-state index contributed by atoms with van der Waals surface area (Å²) in [6.45, 7) is 1.79. The van der Waals surface area contributed by atoms with Gasteiger partial charge in [0.05, 0.1) is 6.54 Å². The molecule has 1 saturated heterocycles. The highest BCUT2D eigenvalue weighted by atomic mass is 16.4. The van der Waals surface area contributed by atoms with Gasteiger partial charge in [0.1, 0.15) is 0 Å². The van der Waals surface area contributed by atoms with Crippen LogP contribution in [-0.2, 0) is 14.4 Å². The summed E-state index contributed by atoms with van der Waals surface area (Å²) in [6, 6.07) is 0.145. The van der Waals surface area contributed by atoms with Crippen LogP contribution in [0, 0.1) is 0 Å². The molecular formula is C13H23N3O4. The lowest BCUT2D eigenvalue weighted by molar-refractivity contribution is -0.137. The third-order valence-electron chi connectivity index (χ3n) is 3.38. The van der Waals surface area contributed by atoms with Crippen molar-refractivity contribution in [1.82, 2.24) is 10.2 Å². The fraction of sp³-hybridized carbons (Fsp3) is 0.769. The number of amides is 2. The molecule has 0 bridgehead atoms. The lowest BCUT2D eigenvalue weighted by Gasteiger charge is -2.31. The minimum Gasteiger partial charge on any atom is -0.481 e. The van der Waals surface area contributed by atoms with E-state index in [4.69, 9.17) is 10.8 Å². The van der Waals surface area contributed by atoms with Gasteiger partial charge in [0.25, 0.3) is 0 Å². The fourth-order valence-corrected chi connectivity index (χ4v) is 2.32. The van der Waals surface area contributed by atoms with Crippen molar-refractivity contribution in [3.05, 3.63) is 0 Å². The monoisotopic (exact) mass is 285 g/mol. The van der Waals surface area contributed by atoms with Gasteiger partial charge in [0.15, 0.2) is 0 Å². The molecular weight excluding hydrogens is 262 g/mol. The zero-order valence-corrected chi connectivity index (χ0v) is 11.6. The van der Waals surface area contributed by atoms with Crippen molar-refractivity contribution in [3.8, 4) is 0 Å². The van der Waals surface area contributed by atoms with Crippen LogP contribution in [0.3, 0.4) is 0 Å². The van der Waals surface area contributed by atoms with Crippen LogP contribution in [0.15, 0.2) is 0 Å². The van der Waals surface area contributed by atoms with Gasteiger partial charge in [-0.1, -0.05) is 0 Å². The van der Waals surface area contributed by atoms with Crippen molar-refractivity contribution in [2.24, 2.45) is 5.73 Å². The molecule has 2 amide bonds. The molecule has 0 radical (unpaired) electrons. The number of aliphatic carboxylic acids is 1. The number of rotatable bonds is 8. The highest BCUT2D eigenvalue weighted by Gasteiger charge is 2.21. The van der Waals surface area contributed by atoms with Crippen molar-refractivity contribution in [3.63, 3.8) is 0 Å². The molecule has 7 heteroatoms. The van der Waals surface area contributed by atoms with Gasteiger partial charge in [-0.3, -0.25) is 19.3 Å². The van der Waals surface area contributed by atoms with E-state index in [9.17, 15) is 14.4 Å². The maximum absolute atomic E-state index is 11.7. The van der Waals surface area contributed by atoms with E-state index in [1.807, 2.05) is 4.90 Å². The second kappa shape index (κ2) is 8.52. The summed E-state index contributed by atoms with van der Waals surface area (Å²) >= 11 is 0. The number of unbranched alkanes of at least 4 members (excludes halogenated alkanes) is 1. The third kappa shape index (κ3) is 7.08. The minimum atomic E-state index is -0.827. The minimum absolute atomic E-state index is 0.0243. The second-order valence-corrected chi connectivity index (χ2v) is 5.19. The molecule has 0 spiro atoms. The number of hydrogen-bond donors (Lipinski definition) is 3. The second-order valence-electron chi connectivity index (χ2n) is 5.19. The van der Waals surface area contributed by atoms with Crippen LogP contribution in [0.2, 0.25) is 0 Å². The quantitative estimate of drug-likeness (QED) is 0.530. The molecule has 7 nitrogen and oxygen atoms in total. The van der Waals surface area contributed by atoms with Crippen molar-refractivity contribution in [2.75, 3.05) is 19.6 Å². The smallest absolute Gasteiger partial charge is 0.303 e. The predicted octanol–water partition coefficient (Wildman–Crippen LogP) is -0.303. The molecule has 1 aliphatic rings. The van der Waals surface area contributed by atoms with Crippen LogP contribution in [0.4, 0.5) is 0 Å². The van der Waals surface area contributed by atoms with Gasteiger partial charge in [-0.2, -0.15) is 0 Å². The van der Waals surface area contributed by atoms with Crippen molar-refractivity contribution in [2.45, 2.75) is 44.6 Å².